The van der Waals surface area contributed by atoms with E-state index >= 15 is 0 Å². The van der Waals surface area contributed by atoms with E-state index in [2.05, 4.69) is 16.0 Å². The second-order valence-corrected chi connectivity index (χ2v) is 8.48. The molecule has 2 aliphatic rings. The van der Waals surface area contributed by atoms with Crippen molar-refractivity contribution in [2.45, 2.75) is 24.4 Å². The van der Waals surface area contributed by atoms with E-state index in [1.165, 1.54) is 7.11 Å². The Bertz CT molecular complexity index is 1090. The van der Waals surface area contributed by atoms with Crippen molar-refractivity contribution in [1.29, 1.82) is 0 Å². The summed E-state index contributed by atoms with van der Waals surface area (Å²) in [6, 6.07) is 13.6. The molecule has 184 valence electrons. The van der Waals surface area contributed by atoms with E-state index in [9.17, 15) is 24.3 Å². The molecule has 4 rings (SSSR count). The first kappa shape index (κ1) is 24.2. The Balaban J connectivity index is 1.41. The number of amides is 3. The number of carbonyl (C=O) groups excluding carboxylic acids is 3. The summed E-state index contributed by atoms with van der Waals surface area (Å²) in [7, 11) is 1.45. The zero-order valence-electron chi connectivity index (χ0n) is 19.2. The quantitative estimate of drug-likeness (QED) is 0.422. The lowest BCUT2D eigenvalue weighted by Crippen LogP contribution is -2.54. The minimum Gasteiger partial charge on any atom is -0.481 e. The maximum Gasteiger partial charge on any atom is 0.407 e. The minimum atomic E-state index is -1.23. The Morgan fingerprint density at radius 1 is 1.09 bits per heavy atom. The molecule has 0 bridgehead atoms. The van der Waals surface area contributed by atoms with Crippen LogP contribution in [0.15, 0.2) is 48.5 Å². The highest BCUT2D eigenvalue weighted by Crippen LogP contribution is 2.44. The van der Waals surface area contributed by atoms with Crippen molar-refractivity contribution in [2.24, 2.45) is 5.92 Å². The summed E-state index contributed by atoms with van der Waals surface area (Å²) in [6.45, 7) is 0.146. The summed E-state index contributed by atoms with van der Waals surface area (Å²) in [5.74, 6) is -3.71. The lowest BCUT2D eigenvalue weighted by Gasteiger charge is -2.22. The first-order chi connectivity index (χ1) is 16.9. The molecule has 10 nitrogen and oxygen atoms in total. The van der Waals surface area contributed by atoms with Gasteiger partial charge in [-0.15, -0.1) is 0 Å². The molecule has 1 fully saturated rings. The summed E-state index contributed by atoms with van der Waals surface area (Å²) >= 11 is 0. The van der Waals surface area contributed by atoms with Gasteiger partial charge in [-0.3, -0.25) is 14.4 Å². The molecule has 10 heteroatoms. The fourth-order valence-corrected chi connectivity index (χ4v) is 4.56. The summed E-state index contributed by atoms with van der Waals surface area (Å²) in [4.78, 5) is 48.9. The van der Waals surface area contributed by atoms with Crippen LogP contribution in [-0.2, 0) is 23.9 Å². The molecule has 35 heavy (non-hydrogen) atoms. The van der Waals surface area contributed by atoms with Crippen molar-refractivity contribution in [3.8, 4) is 11.1 Å². The average molecular weight is 482 g/mol. The summed E-state index contributed by atoms with van der Waals surface area (Å²) < 4.78 is 10.5. The van der Waals surface area contributed by atoms with E-state index in [1.54, 1.807) is 0 Å². The van der Waals surface area contributed by atoms with Crippen molar-refractivity contribution >= 4 is 23.9 Å². The van der Waals surface area contributed by atoms with Crippen molar-refractivity contribution in [1.82, 2.24) is 16.0 Å². The lowest BCUT2D eigenvalue weighted by atomic mass is 9.98. The van der Waals surface area contributed by atoms with Crippen LogP contribution >= 0.6 is 0 Å². The molecule has 1 saturated heterocycles. The molecule has 1 aliphatic heterocycles. The van der Waals surface area contributed by atoms with Gasteiger partial charge in [-0.2, -0.15) is 0 Å². The van der Waals surface area contributed by atoms with Crippen LogP contribution in [0.3, 0.4) is 0 Å². The predicted octanol–water partition coefficient (Wildman–Crippen LogP) is 1.25. The number of methoxy groups -OCH3 is 1. The van der Waals surface area contributed by atoms with Crippen molar-refractivity contribution in [2.75, 3.05) is 26.9 Å². The van der Waals surface area contributed by atoms with Gasteiger partial charge < -0.3 is 30.5 Å². The first-order valence-electron chi connectivity index (χ1n) is 11.3. The maximum atomic E-state index is 12.8. The monoisotopic (exact) mass is 481 g/mol. The standard InChI is InChI=1S/C25H27N3O7/c1-34-11-10-20(22(29)28-21-18(24(31)32)12-26-23(21)30)27-25(33)35-13-19-16-8-4-2-6-14(16)15-7-3-5-9-17(15)19/h2-9,18-21H,10-13H2,1H3,(H,26,30)(H,27,33)(H,28,29)(H,31,32). The van der Waals surface area contributed by atoms with Crippen LogP contribution in [-0.4, -0.2) is 67.9 Å². The zero-order chi connectivity index (χ0) is 24.9. The van der Waals surface area contributed by atoms with Crippen molar-refractivity contribution < 1.29 is 33.8 Å². The molecule has 4 N–H and O–H groups in total. The second kappa shape index (κ2) is 10.6. The largest absolute Gasteiger partial charge is 0.481 e. The van der Waals surface area contributed by atoms with Gasteiger partial charge in [-0.25, -0.2) is 4.79 Å². The van der Waals surface area contributed by atoms with E-state index in [0.717, 1.165) is 22.3 Å². The molecule has 3 amide bonds. The van der Waals surface area contributed by atoms with E-state index in [-0.39, 0.29) is 32.1 Å². The van der Waals surface area contributed by atoms with Crippen LogP contribution in [0.5, 0.6) is 0 Å². The van der Waals surface area contributed by atoms with E-state index in [0.29, 0.717) is 0 Å². The number of alkyl carbamates (subject to hydrolysis) is 1. The van der Waals surface area contributed by atoms with Crippen molar-refractivity contribution in [3.63, 3.8) is 0 Å². The SMILES string of the molecule is COCCC(NC(=O)OCC1c2ccccc2-c2ccccc21)C(=O)NC1C(=O)NCC1C(=O)O. The predicted molar refractivity (Wildman–Crippen MR) is 125 cm³/mol. The molecule has 0 spiro atoms. The number of rotatable bonds is 9. The molecule has 1 heterocycles. The maximum absolute atomic E-state index is 12.8. The lowest BCUT2D eigenvalue weighted by molar-refractivity contribution is -0.143. The number of fused-ring (bicyclic) bond motifs is 3. The normalized spacial score (nSPS) is 19.3. The number of ether oxygens (including phenoxy) is 2. The second-order valence-electron chi connectivity index (χ2n) is 8.48. The van der Waals surface area contributed by atoms with Crippen LogP contribution < -0.4 is 16.0 Å². The number of carbonyl (C=O) groups is 4. The van der Waals surface area contributed by atoms with Crippen LogP contribution in [0.4, 0.5) is 4.79 Å². The highest BCUT2D eigenvalue weighted by atomic mass is 16.5. The number of nitrogens with one attached hydrogen (secondary N) is 3. The Morgan fingerprint density at radius 2 is 1.71 bits per heavy atom. The molecule has 0 aromatic heterocycles. The van der Waals surface area contributed by atoms with E-state index < -0.39 is 41.9 Å². The fraction of sp³-hybridized carbons (Fsp3) is 0.360. The topological polar surface area (TPSA) is 143 Å². The summed E-state index contributed by atoms with van der Waals surface area (Å²) in [5, 5.41) is 16.7. The Labute approximate surface area is 202 Å². The molecule has 0 radical (unpaired) electrons. The molecular formula is C25H27N3O7. The van der Waals surface area contributed by atoms with Gasteiger partial charge in [0.15, 0.2) is 0 Å². The van der Waals surface area contributed by atoms with Crippen LogP contribution in [0.25, 0.3) is 11.1 Å². The van der Waals surface area contributed by atoms with E-state index in [4.69, 9.17) is 9.47 Å². The number of aliphatic carboxylic acids is 1. The minimum absolute atomic E-state index is 0.0740. The van der Waals surface area contributed by atoms with Gasteiger partial charge in [0.05, 0.1) is 0 Å². The van der Waals surface area contributed by atoms with Crippen molar-refractivity contribution in [3.05, 3.63) is 59.7 Å². The smallest absolute Gasteiger partial charge is 0.407 e. The van der Waals surface area contributed by atoms with Gasteiger partial charge in [-0.05, 0) is 22.3 Å². The molecule has 2 aromatic carbocycles. The van der Waals surface area contributed by atoms with Gasteiger partial charge in [-0.1, -0.05) is 48.5 Å². The highest BCUT2D eigenvalue weighted by molar-refractivity contribution is 5.96. The van der Waals surface area contributed by atoms with Crippen LogP contribution in [0.1, 0.15) is 23.5 Å². The Hall–Kier alpha value is -3.92. The molecule has 3 atom stereocenters. The van der Waals surface area contributed by atoms with E-state index in [1.807, 2.05) is 48.5 Å². The highest BCUT2D eigenvalue weighted by Gasteiger charge is 2.41. The van der Waals surface area contributed by atoms with Gasteiger partial charge in [0, 0.05) is 32.6 Å². The number of benzene rings is 2. The van der Waals surface area contributed by atoms with Crippen LogP contribution in [0.2, 0.25) is 0 Å². The third-order valence-corrected chi connectivity index (χ3v) is 6.36. The number of hydrogen-bond acceptors (Lipinski definition) is 6. The first-order valence-corrected chi connectivity index (χ1v) is 11.3. The average Bonchev–Trinajstić information content (AvgIpc) is 3.38. The molecule has 1 aliphatic carbocycles. The summed E-state index contributed by atoms with van der Waals surface area (Å²) in [6.07, 6.45) is -0.688. The number of carboxylic acids is 1. The van der Waals surface area contributed by atoms with Gasteiger partial charge in [0.25, 0.3) is 0 Å². The Kier molecular flexibility index (Phi) is 7.31. The van der Waals surface area contributed by atoms with Gasteiger partial charge >= 0.3 is 12.1 Å². The molecular weight excluding hydrogens is 454 g/mol. The molecule has 3 unspecified atom stereocenters. The molecule has 0 saturated carbocycles. The third kappa shape index (κ3) is 5.12. The Morgan fingerprint density at radius 3 is 2.31 bits per heavy atom. The third-order valence-electron chi connectivity index (χ3n) is 6.36. The number of hydrogen-bond donors (Lipinski definition) is 4. The fourth-order valence-electron chi connectivity index (χ4n) is 4.56. The van der Waals surface area contributed by atoms with Crippen LogP contribution in [0, 0.1) is 5.92 Å². The van der Waals surface area contributed by atoms with Gasteiger partial charge in [0.1, 0.15) is 24.6 Å². The molecule has 2 aromatic rings. The number of carboxylic acid groups (broad SMARTS) is 1. The summed E-state index contributed by atoms with van der Waals surface area (Å²) in [5.41, 5.74) is 4.30. The van der Waals surface area contributed by atoms with Gasteiger partial charge in [0.2, 0.25) is 11.8 Å². The zero-order valence-corrected chi connectivity index (χ0v) is 19.2.